The fourth-order valence-electron chi connectivity index (χ4n) is 3.87. The average molecular weight is 538 g/mol. The lowest BCUT2D eigenvalue weighted by atomic mass is 9.95. The van der Waals surface area contributed by atoms with Crippen molar-refractivity contribution in [3.63, 3.8) is 0 Å². The fraction of sp³-hybridized carbons (Fsp3) is 0.440. The molecular weight excluding hydrogens is 508 g/mol. The van der Waals surface area contributed by atoms with E-state index in [1.807, 2.05) is 55.5 Å². The van der Waals surface area contributed by atoms with Crippen LogP contribution in [0.5, 0.6) is 0 Å². The van der Waals surface area contributed by atoms with E-state index in [1.165, 1.54) is 6.42 Å². The number of hydrogen-bond acceptors (Lipinski definition) is 3. The lowest BCUT2D eigenvalue weighted by molar-refractivity contribution is -0.140. The number of carbonyl (C=O) groups is 2. The molecule has 0 spiro atoms. The van der Waals surface area contributed by atoms with E-state index in [9.17, 15) is 9.59 Å². The summed E-state index contributed by atoms with van der Waals surface area (Å²) in [5.41, 5.74) is 1.00. The normalized spacial score (nSPS) is 15.2. The van der Waals surface area contributed by atoms with Gasteiger partial charge in [-0.2, -0.15) is 0 Å². The lowest BCUT2D eigenvalue weighted by Gasteiger charge is -2.31. The average Bonchev–Trinajstić information content (AvgIpc) is 2.80. The summed E-state index contributed by atoms with van der Waals surface area (Å²) in [5, 5.41) is 3.88. The number of benzene rings is 2. The molecule has 1 fully saturated rings. The molecule has 3 rings (SSSR count). The van der Waals surface area contributed by atoms with Gasteiger partial charge in [0.1, 0.15) is 6.04 Å². The molecule has 1 saturated carbocycles. The minimum atomic E-state index is -0.520. The van der Waals surface area contributed by atoms with Gasteiger partial charge in [0.15, 0.2) is 0 Å². The Kier molecular flexibility index (Phi) is 9.94. The number of carbonyl (C=O) groups excluding carboxylic acids is 2. The molecule has 2 amide bonds. The van der Waals surface area contributed by atoms with Crippen LogP contribution >= 0.6 is 39.3 Å². The van der Waals surface area contributed by atoms with Crippen LogP contribution in [0.4, 0.5) is 0 Å². The second-order valence-electron chi connectivity index (χ2n) is 8.22. The van der Waals surface area contributed by atoms with Gasteiger partial charge in [-0.3, -0.25) is 9.59 Å². The third kappa shape index (κ3) is 7.82. The van der Waals surface area contributed by atoms with Crippen LogP contribution in [0.15, 0.2) is 57.9 Å². The number of hydrogen-bond donors (Lipinski definition) is 1. The van der Waals surface area contributed by atoms with Gasteiger partial charge < -0.3 is 10.2 Å². The fourth-order valence-corrected chi connectivity index (χ4v) is 5.10. The molecule has 0 aliphatic heterocycles. The molecule has 1 aliphatic rings. The van der Waals surface area contributed by atoms with Gasteiger partial charge in [0.2, 0.25) is 11.8 Å². The van der Waals surface area contributed by atoms with E-state index in [-0.39, 0.29) is 17.9 Å². The van der Waals surface area contributed by atoms with E-state index in [4.69, 9.17) is 11.6 Å². The first-order valence-corrected chi connectivity index (χ1v) is 13.3. The first kappa shape index (κ1) is 25.1. The van der Waals surface area contributed by atoms with Crippen LogP contribution in [-0.4, -0.2) is 34.6 Å². The third-order valence-corrected chi connectivity index (χ3v) is 7.58. The lowest BCUT2D eigenvalue weighted by Crippen LogP contribution is -2.50. The number of rotatable bonds is 9. The molecular formula is C25H30BrClN2O2S. The Hall–Kier alpha value is -1.50. The van der Waals surface area contributed by atoms with Crippen molar-refractivity contribution in [1.82, 2.24) is 10.2 Å². The van der Waals surface area contributed by atoms with Crippen molar-refractivity contribution in [2.45, 2.75) is 69.0 Å². The van der Waals surface area contributed by atoms with E-state index < -0.39 is 6.04 Å². The molecule has 7 heteroatoms. The maximum atomic E-state index is 13.2. The molecule has 1 atom stereocenters. The molecule has 0 bridgehead atoms. The smallest absolute Gasteiger partial charge is 0.242 e. The summed E-state index contributed by atoms with van der Waals surface area (Å²) in [6, 6.07) is 15.2. The molecule has 1 N–H and O–H groups in total. The molecule has 0 unspecified atom stereocenters. The van der Waals surface area contributed by atoms with Crippen molar-refractivity contribution in [1.29, 1.82) is 0 Å². The molecule has 1 aliphatic carbocycles. The molecule has 172 valence electrons. The van der Waals surface area contributed by atoms with Crippen LogP contribution in [0.2, 0.25) is 5.02 Å². The summed E-state index contributed by atoms with van der Waals surface area (Å²) in [4.78, 5) is 29.0. The second-order valence-corrected chi connectivity index (χ2v) is 10.7. The standard InChI is InChI=1S/C25H30BrClN2O2S/c1-18(25(31)28-22-5-3-2-4-6-22)29(17-19-7-9-20(26)10-8-19)24(30)15-16-32-23-13-11-21(27)12-14-23/h7-14,18,22H,2-6,15-17H2,1H3,(H,28,31)/t18-/m1/s1. The van der Waals surface area contributed by atoms with Gasteiger partial charge in [-0.15, -0.1) is 11.8 Å². The highest BCUT2D eigenvalue weighted by molar-refractivity contribution is 9.10. The first-order valence-electron chi connectivity index (χ1n) is 11.1. The van der Waals surface area contributed by atoms with Crippen molar-refractivity contribution in [3.05, 3.63) is 63.6 Å². The van der Waals surface area contributed by atoms with Crippen molar-refractivity contribution >= 4 is 51.1 Å². The number of nitrogens with one attached hydrogen (secondary N) is 1. The summed E-state index contributed by atoms with van der Waals surface area (Å²) in [7, 11) is 0. The van der Waals surface area contributed by atoms with Crippen LogP contribution in [0.1, 0.15) is 51.0 Å². The summed E-state index contributed by atoms with van der Waals surface area (Å²) in [6.07, 6.45) is 5.96. The quantitative estimate of drug-likeness (QED) is 0.374. The highest BCUT2D eigenvalue weighted by Gasteiger charge is 2.27. The summed E-state index contributed by atoms with van der Waals surface area (Å²) < 4.78 is 0.988. The van der Waals surface area contributed by atoms with Crippen molar-refractivity contribution in [3.8, 4) is 0 Å². The van der Waals surface area contributed by atoms with Gasteiger partial charge in [0, 0.05) is 39.2 Å². The van der Waals surface area contributed by atoms with E-state index in [1.54, 1.807) is 16.7 Å². The van der Waals surface area contributed by atoms with Crippen LogP contribution in [-0.2, 0) is 16.1 Å². The topological polar surface area (TPSA) is 49.4 Å². The van der Waals surface area contributed by atoms with E-state index in [2.05, 4.69) is 21.2 Å². The zero-order valence-electron chi connectivity index (χ0n) is 18.4. The second kappa shape index (κ2) is 12.7. The van der Waals surface area contributed by atoms with Gasteiger partial charge in [-0.25, -0.2) is 0 Å². The Balaban J connectivity index is 1.64. The third-order valence-electron chi connectivity index (χ3n) is 5.78. The SMILES string of the molecule is C[C@H](C(=O)NC1CCCCC1)N(Cc1ccc(Br)cc1)C(=O)CCSc1ccc(Cl)cc1. The zero-order valence-corrected chi connectivity index (χ0v) is 21.5. The van der Waals surface area contributed by atoms with Crippen LogP contribution < -0.4 is 5.32 Å². The maximum Gasteiger partial charge on any atom is 0.242 e. The Morgan fingerprint density at radius 3 is 2.41 bits per heavy atom. The molecule has 4 nitrogen and oxygen atoms in total. The van der Waals surface area contributed by atoms with E-state index in [0.29, 0.717) is 23.7 Å². The number of thioether (sulfide) groups is 1. The van der Waals surface area contributed by atoms with Crippen LogP contribution in [0.25, 0.3) is 0 Å². The predicted octanol–water partition coefficient (Wildman–Crippen LogP) is 6.45. The molecule has 0 radical (unpaired) electrons. The molecule has 0 heterocycles. The van der Waals surface area contributed by atoms with Gasteiger partial charge in [0.25, 0.3) is 0 Å². The predicted molar refractivity (Wildman–Crippen MR) is 136 cm³/mol. The summed E-state index contributed by atoms with van der Waals surface area (Å²) in [6.45, 7) is 2.25. The Bertz CT molecular complexity index is 886. The largest absolute Gasteiger partial charge is 0.352 e. The van der Waals surface area contributed by atoms with Crippen molar-refractivity contribution < 1.29 is 9.59 Å². The maximum absolute atomic E-state index is 13.2. The Morgan fingerprint density at radius 1 is 1.09 bits per heavy atom. The monoisotopic (exact) mass is 536 g/mol. The van der Waals surface area contributed by atoms with Gasteiger partial charge in [-0.05, 0) is 61.7 Å². The molecule has 0 saturated heterocycles. The summed E-state index contributed by atoms with van der Waals surface area (Å²) >= 11 is 11.0. The minimum Gasteiger partial charge on any atom is -0.352 e. The van der Waals surface area contributed by atoms with Gasteiger partial charge in [0.05, 0.1) is 0 Å². The van der Waals surface area contributed by atoms with Crippen LogP contribution in [0, 0.1) is 0 Å². The van der Waals surface area contributed by atoms with Crippen LogP contribution in [0.3, 0.4) is 0 Å². The van der Waals surface area contributed by atoms with Gasteiger partial charge in [-0.1, -0.05) is 58.9 Å². The number of nitrogens with zero attached hydrogens (tertiary/aromatic N) is 1. The van der Waals surface area contributed by atoms with Crippen molar-refractivity contribution in [2.75, 3.05) is 5.75 Å². The summed E-state index contributed by atoms with van der Waals surface area (Å²) in [5.74, 6) is 0.572. The number of amides is 2. The highest BCUT2D eigenvalue weighted by atomic mass is 79.9. The molecule has 2 aromatic rings. The zero-order chi connectivity index (χ0) is 22.9. The van der Waals surface area contributed by atoms with Crippen molar-refractivity contribution in [2.24, 2.45) is 0 Å². The Morgan fingerprint density at radius 2 is 1.75 bits per heavy atom. The number of halogens is 2. The van der Waals surface area contributed by atoms with Gasteiger partial charge >= 0.3 is 0 Å². The molecule has 0 aromatic heterocycles. The Labute approximate surface area is 208 Å². The highest BCUT2D eigenvalue weighted by Crippen LogP contribution is 2.23. The first-order chi connectivity index (χ1) is 15.4. The molecule has 32 heavy (non-hydrogen) atoms. The van der Waals surface area contributed by atoms with E-state index in [0.717, 1.165) is 40.6 Å². The minimum absolute atomic E-state index is 0.0133. The van der Waals surface area contributed by atoms with E-state index >= 15 is 0 Å². The molecule has 2 aromatic carbocycles.